The first-order chi connectivity index (χ1) is 9.87. The predicted octanol–water partition coefficient (Wildman–Crippen LogP) is 2.69. The Morgan fingerprint density at radius 2 is 2.24 bits per heavy atom. The third-order valence-corrected chi connectivity index (χ3v) is 3.29. The second kappa shape index (κ2) is 6.24. The van der Waals surface area contributed by atoms with Gasteiger partial charge in [0, 0.05) is 37.3 Å². The third-order valence-electron chi connectivity index (χ3n) is 3.29. The quantitative estimate of drug-likeness (QED) is 0.930. The molecule has 1 aromatic rings. The Bertz CT molecular complexity index is 505. The van der Waals surface area contributed by atoms with Crippen molar-refractivity contribution < 1.29 is 22.7 Å². The van der Waals surface area contributed by atoms with Gasteiger partial charge in [0.25, 0.3) is 0 Å². The second-order valence-corrected chi connectivity index (χ2v) is 4.90. The van der Waals surface area contributed by atoms with Crippen molar-refractivity contribution >= 4 is 11.6 Å². The molecule has 116 valence electrons. The first kappa shape index (κ1) is 15.5. The Morgan fingerprint density at radius 3 is 2.90 bits per heavy atom. The lowest BCUT2D eigenvalue weighted by molar-refractivity contribution is -0.274. The molecule has 1 N–H and O–H groups in total. The van der Waals surface area contributed by atoms with E-state index in [1.807, 2.05) is 4.90 Å². The van der Waals surface area contributed by atoms with Gasteiger partial charge in [0.1, 0.15) is 5.75 Å². The highest BCUT2D eigenvalue weighted by atomic mass is 19.4. The van der Waals surface area contributed by atoms with Crippen LogP contribution in [0.1, 0.15) is 19.8 Å². The van der Waals surface area contributed by atoms with Crippen LogP contribution in [0.2, 0.25) is 0 Å². The molecule has 0 bridgehead atoms. The zero-order valence-electron chi connectivity index (χ0n) is 11.6. The number of halogens is 3. The lowest BCUT2D eigenvalue weighted by atomic mass is 10.2. The maximum Gasteiger partial charge on any atom is 0.573 e. The van der Waals surface area contributed by atoms with E-state index in [9.17, 15) is 18.0 Å². The molecule has 0 unspecified atom stereocenters. The Balaban J connectivity index is 2.00. The number of alkyl halides is 3. The van der Waals surface area contributed by atoms with E-state index in [0.717, 1.165) is 6.42 Å². The van der Waals surface area contributed by atoms with Crippen LogP contribution in [0.5, 0.6) is 5.75 Å². The zero-order valence-corrected chi connectivity index (χ0v) is 11.6. The van der Waals surface area contributed by atoms with E-state index in [2.05, 4.69) is 10.1 Å². The SMILES string of the molecule is CCC(=O)N[C@H]1CCN(c2cccc(OC(F)(F)F)c2)C1. The molecule has 0 radical (unpaired) electrons. The van der Waals surface area contributed by atoms with Crippen molar-refractivity contribution in [3.63, 3.8) is 0 Å². The van der Waals surface area contributed by atoms with Crippen LogP contribution in [0.4, 0.5) is 18.9 Å². The molecule has 1 atom stereocenters. The standard InChI is InChI=1S/C14H17F3N2O2/c1-2-13(20)18-10-6-7-19(9-10)11-4-3-5-12(8-11)21-14(15,16)17/h3-5,8,10H,2,6-7,9H2,1H3,(H,18,20)/t10-/m0/s1. The second-order valence-electron chi connectivity index (χ2n) is 4.90. The van der Waals surface area contributed by atoms with E-state index in [1.54, 1.807) is 13.0 Å². The van der Waals surface area contributed by atoms with Crippen LogP contribution >= 0.6 is 0 Å². The van der Waals surface area contributed by atoms with E-state index in [0.29, 0.717) is 25.2 Å². The largest absolute Gasteiger partial charge is 0.573 e. The average Bonchev–Trinajstić information content (AvgIpc) is 2.85. The molecule has 21 heavy (non-hydrogen) atoms. The van der Waals surface area contributed by atoms with Gasteiger partial charge in [-0.3, -0.25) is 4.79 Å². The summed E-state index contributed by atoms with van der Waals surface area (Å²) >= 11 is 0. The number of carbonyl (C=O) groups excluding carboxylic acids is 1. The smallest absolute Gasteiger partial charge is 0.406 e. The normalized spacial score (nSPS) is 18.7. The highest BCUT2D eigenvalue weighted by molar-refractivity contribution is 5.76. The van der Waals surface area contributed by atoms with Crippen LogP contribution < -0.4 is 15.0 Å². The lowest BCUT2D eigenvalue weighted by Crippen LogP contribution is -2.36. The first-order valence-corrected chi connectivity index (χ1v) is 6.77. The number of hydrogen-bond acceptors (Lipinski definition) is 3. The van der Waals surface area contributed by atoms with Crippen LogP contribution in [0, 0.1) is 0 Å². The minimum absolute atomic E-state index is 0.0176. The van der Waals surface area contributed by atoms with Gasteiger partial charge in [-0.05, 0) is 18.6 Å². The molecule has 2 rings (SSSR count). The van der Waals surface area contributed by atoms with Gasteiger partial charge in [0.15, 0.2) is 0 Å². The molecule has 1 fully saturated rings. The van der Waals surface area contributed by atoms with E-state index in [1.165, 1.54) is 18.2 Å². The summed E-state index contributed by atoms with van der Waals surface area (Å²) in [5.41, 5.74) is 0.657. The topological polar surface area (TPSA) is 41.6 Å². The molecular weight excluding hydrogens is 285 g/mol. The van der Waals surface area contributed by atoms with Crippen LogP contribution in [0.3, 0.4) is 0 Å². The van der Waals surface area contributed by atoms with Gasteiger partial charge in [-0.1, -0.05) is 13.0 Å². The van der Waals surface area contributed by atoms with Crippen molar-refractivity contribution in [1.82, 2.24) is 5.32 Å². The maximum absolute atomic E-state index is 12.2. The molecule has 1 heterocycles. The molecule has 1 amide bonds. The van der Waals surface area contributed by atoms with Gasteiger partial charge in [-0.15, -0.1) is 13.2 Å². The Kier molecular flexibility index (Phi) is 4.59. The van der Waals surface area contributed by atoms with Crippen molar-refractivity contribution in [2.75, 3.05) is 18.0 Å². The molecular formula is C14H17F3N2O2. The van der Waals surface area contributed by atoms with Crippen LogP contribution in [0.25, 0.3) is 0 Å². The van der Waals surface area contributed by atoms with Crippen molar-refractivity contribution in [1.29, 1.82) is 0 Å². The van der Waals surface area contributed by atoms with Crippen LogP contribution in [-0.4, -0.2) is 31.4 Å². The average molecular weight is 302 g/mol. The summed E-state index contributed by atoms with van der Waals surface area (Å²) in [4.78, 5) is 13.3. The number of nitrogens with one attached hydrogen (secondary N) is 1. The summed E-state index contributed by atoms with van der Waals surface area (Å²) in [7, 11) is 0. The van der Waals surface area contributed by atoms with E-state index >= 15 is 0 Å². The Labute approximate surface area is 120 Å². The van der Waals surface area contributed by atoms with E-state index < -0.39 is 6.36 Å². The lowest BCUT2D eigenvalue weighted by Gasteiger charge is -2.20. The van der Waals surface area contributed by atoms with Crippen molar-refractivity contribution in [3.8, 4) is 5.75 Å². The molecule has 0 saturated carbocycles. The fraction of sp³-hybridized carbons (Fsp3) is 0.500. The molecule has 0 aliphatic carbocycles. The molecule has 1 aliphatic rings. The fourth-order valence-electron chi connectivity index (χ4n) is 2.32. The molecule has 0 spiro atoms. The van der Waals surface area contributed by atoms with Crippen molar-refractivity contribution in [2.45, 2.75) is 32.2 Å². The summed E-state index contributed by atoms with van der Waals surface area (Å²) in [5.74, 6) is -0.253. The summed E-state index contributed by atoms with van der Waals surface area (Å²) < 4.78 is 40.5. The summed E-state index contributed by atoms with van der Waals surface area (Å²) in [6, 6.07) is 5.91. The van der Waals surface area contributed by atoms with Crippen molar-refractivity contribution in [3.05, 3.63) is 24.3 Å². The van der Waals surface area contributed by atoms with Crippen molar-refractivity contribution in [2.24, 2.45) is 0 Å². The number of benzene rings is 1. The Hall–Kier alpha value is -1.92. The maximum atomic E-state index is 12.2. The molecule has 1 saturated heterocycles. The molecule has 1 aromatic carbocycles. The summed E-state index contributed by atoms with van der Waals surface area (Å²) in [6.45, 7) is 3.05. The van der Waals surface area contributed by atoms with Gasteiger partial charge in [0.2, 0.25) is 5.91 Å². The van der Waals surface area contributed by atoms with Gasteiger partial charge in [-0.25, -0.2) is 0 Å². The minimum atomic E-state index is -4.69. The highest BCUT2D eigenvalue weighted by Gasteiger charge is 2.31. The number of carbonyl (C=O) groups is 1. The van der Waals surface area contributed by atoms with Crippen LogP contribution in [0.15, 0.2) is 24.3 Å². The number of hydrogen-bond donors (Lipinski definition) is 1. The fourth-order valence-corrected chi connectivity index (χ4v) is 2.32. The van der Waals surface area contributed by atoms with Gasteiger partial charge < -0.3 is 15.0 Å². The molecule has 4 nitrogen and oxygen atoms in total. The number of anilines is 1. The van der Waals surface area contributed by atoms with Crippen LogP contribution in [-0.2, 0) is 4.79 Å². The number of nitrogens with zero attached hydrogens (tertiary/aromatic N) is 1. The third kappa shape index (κ3) is 4.54. The van der Waals surface area contributed by atoms with Gasteiger partial charge in [-0.2, -0.15) is 0 Å². The molecule has 0 aromatic heterocycles. The summed E-state index contributed by atoms with van der Waals surface area (Å²) in [6.07, 6.45) is -3.50. The molecule has 7 heteroatoms. The van der Waals surface area contributed by atoms with Gasteiger partial charge in [0.05, 0.1) is 0 Å². The Morgan fingerprint density at radius 1 is 1.48 bits per heavy atom. The summed E-state index contributed by atoms with van der Waals surface area (Å²) in [5, 5.41) is 2.89. The molecule has 1 aliphatic heterocycles. The minimum Gasteiger partial charge on any atom is -0.406 e. The van der Waals surface area contributed by atoms with E-state index in [4.69, 9.17) is 0 Å². The zero-order chi connectivity index (χ0) is 15.5. The number of amides is 1. The predicted molar refractivity (Wildman–Crippen MR) is 72.2 cm³/mol. The van der Waals surface area contributed by atoms with Gasteiger partial charge >= 0.3 is 6.36 Å². The van der Waals surface area contributed by atoms with E-state index in [-0.39, 0.29) is 17.7 Å². The monoisotopic (exact) mass is 302 g/mol. The number of ether oxygens (including phenoxy) is 1. The number of rotatable bonds is 4. The first-order valence-electron chi connectivity index (χ1n) is 6.77. The highest BCUT2D eigenvalue weighted by Crippen LogP contribution is 2.28.